The Morgan fingerprint density at radius 3 is 3.00 bits per heavy atom. The molecule has 0 atom stereocenters. The van der Waals surface area contributed by atoms with Crippen LogP contribution in [0.15, 0.2) is 28.9 Å². The molecule has 0 saturated carbocycles. The first-order valence-corrected chi connectivity index (χ1v) is 5.00. The lowest BCUT2D eigenvalue weighted by molar-refractivity contribution is 1.05. The molecule has 2 aromatic heterocycles. The second-order valence-electron chi connectivity index (χ2n) is 2.86. The van der Waals surface area contributed by atoms with Gasteiger partial charge in [-0.1, -0.05) is 6.92 Å². The van der Waals surface area contributed by atoms with E-state index < -0.39 is 0 Å². The lowest BCUT2D eigenvalue weighted by atomic mass is 10.2. The van der Waals surface area contributed by atoms with Crippen LogP contribution >= 0.6 is 15.9 Å². The van der Waals surface area contributed by atoms with Gasteiger partial charge in [0.2, 0.25) is 0 Å². The highest BCUT2D eigenvalue weighted by molar-refractivity contribution is 9.10. The highest BCUT2D eigenvalue weighted by atomic mass is 79.9. The van der Waals surface area contributed by atoms with Crippen molar-refractivity contribution in [1.29, 1.82) is 0 Å². The van der Waals surface area contributed by atoms with Crippen molar-refractivity contribution in [3.8, 4) is 0 Å². The number of nitrogens with zero attached hydrogens (tertiary/aromatic N) is 2. The van der Waals surface area contributed by atoms with Gasteiger partial charge < -0.3 is 0 Å². The van der Waals surface area contributed by atoms with Crippen molar-refractivity contribution < 1.29 is 0 Å². The first kappa shape index (κ1) is 8.63. The molecule has 0 amide bonds. The summed E-state index contributed by atoms with van der Waals surface area (Å²) in [5.41, 5.74) is 1.91. The molecule has 2 heterocycles. The number of halogens is 1. The van der Waals surface area contributed by atoms with Crippen molar-refractivity contribution in [2.24, 2.45) is 0 Å². The first-order chi connectivity index (χ1) is 6.29. The highest BCUT2D eigenvalue weighted by Gasteiger charge is 1.98. The lowest BCUT2D eigenvalue weighted by Crippen LogP contribution is -1.89. The van der Waals surface area contributed by atoms with Crippen LogP contribution in [-0.4, -0.2) is 9.97 Å². The van der Waals surface area contributed by atoms with Crippen LogP contribution in [0.5, 0.6) is 0 Å². The van der Waals surface area contributed by atoms with Gasteiger partial charge in [0.05, 0.1) is 0 Å². The van der Waals surface area contributed by atoms with Crippen molar-refractivity contribution in [2.75, 3.05) is 0 Å². The van der Waals surface area contributed by atoms with Gasteiger partial charge in [-0.05, 0) is 40.5 Å². The zero-order valence-electron chi connectivity index (χ0n) is 7.29. The molecule has 0 unspecified atom stereocenters. The van der Waals surface area contributed by atoms with Gasteiger partial charge in [0.25, 0.3) is 0 Å². The lowest BCUT2D eigenvalue weighted by Gasteiger charge is -1.99. The molecular weight excluding hydrogens is 228 g/mol. The Kier molecular flexibility index (Phi) is 2.27. The van der Waals surface area contributed by atoms with E-state index in [2.05, 4.69) is 38.9 Å². The minimum atomic E-state index is 0.822. The topological polar surface area (TPSA) is 25.8 Å². The maximum absolute atomic E-state index is 4.40. The van der Waals surface area contributed by atoms with E-state index in [4.69, 9.17) is 0 Å². The molecule has 0 aliphatic heterocycles. The van der Waals surface area contributed by atoms with Crippen LogP contribution in [0, 0.1) is 0 Å². The number of aryl methyl sites for hydroxylation is 1. The van der Waals surface area contributed by atoms with Crippen LogP contribution in [0.4, 0.5) is 0 Å². The summed E-state index contributed by atoms with van der Waals surface area (Å²) in [6.45, 7) is 2.09. The van der Waals surface area contributed by atoms with Crippen LogP contribution in [0.25, 0.3) is 11.0 Å². The molecule has 0 aliphatic rings. The number of hydrogen-bond acceptors (Lipinski definition) is 2. The molecule has 0 fully saturated rings. The minimum Gasteiger partial charge on any atom is -0.235 e. The van der Waals surface area contributed by atoms with E-state index in [0.717, 1.165) is 27.6 Å². The predicted molar refractivity (Wildman–Crippen MR) is 56.6 cm³/mol. The number of aromatic nitrogens is 2. The second kappa shape index (κ2) is 3.42. The quantitative estimate of drug-likeness (QED) is 0.761. The van der Waals surface area contributed by atoms with Crippen LogP contribution in [-0.2, 0) is 6.42 Å². The maximum atomic E-state index is 4.40. The minimum absolute atomic E-state index is 0.822. The number of hydrogen-bond donors (Lipinski definition) is 0. The van der Waals surface area contributed by atoms with Crippen LogP contribution < -0.4 is 0 Å². The monoisotopic (exact) mass is 236 g/mol. The third kappa shape index (κ3) is 1.70. The zero-order valence-corrected chi connectivity index (χ0v) is 8.87. The van der Waals surface area contributed by atoms with Crippen molar-refractivity contribution in [3.63, 3.8) is 0 Å². The first-order valence-electron chi connectivity index (χ1n) is 4.21. The fraction of sp³-hybridized carbons (Fsp3) is 0.200. The van der Waals surface area contributed by atoms with Crippen LogP contribution in [0.2, 0.25) is 0 Å². The fourth-order valence-corrected chi connectivity index (χ4v) is 1.57. The molecular formula is C10H9BrN2. The Balaban J connectivity index is 2.66. The second-order valence-corrected chi connectivity index (χ2v) is 3.77. The van der Waals surface area contributed by atoms with Gasteiger partial charge >= 0.3 is 0 Å². The smallest absolute Gasteiger partial charge is 0.159 e. The van der Waals surface area contributed by atoms with Crippen molar-refractivity contribution in [3.05, 3.63) is 34.6 Å². The van der Waals surface area contributed by atoms with E-state index >= 15 is 0 Å². The molecule has 13 heavy (non-hydrogen) atoms. The third-order valence-electron chi connectivity index (χ3n) is 1.93. The summed E-state index contributed by atoms with van der Waals surface area (Å²) >= 11 is 3.38. The van der Waals surface area contributed by atoms with E-state index in [-0.39, 0.29) is 0 Å². The Morgan fingerprint density at radius 1 is 1.38 bits per heavy atom. The van der Waals surface area contributed by atoms with Gasteiger partial charge in [-0.25, -0.2) is 9.97 Å². The Labute approximate surface area is 85.1 Å². The molecule has 2 nitrogen and oxygen atoms in total. The highest BCUT2D eigenvalue weighted by Crippen LogP contribution is 2.15. The standard InChI is InChI=1S/C10H9BrN2/c1-2-9-4-3-7-5-8(11)6-12-10(7)13-9/h3-6H,2H2,1H3. The van der Waals surface area contributed by atoms with Crippen molar-refractivity contribution in [1.82, 2.24) is 9.97 Å². The average molecular weight is 237 g/mol. The average Bonchev–Trinajstić information content (AvgIpc) is 2.17. The molecule has 2 rings (SSSR count). The molecule has 0 bridgehead atoms. The summed E-state index contributed by atoms with van der Waals surface area (Å²) in [6, 6.07) is 6.12. The van der Waals surface area contributed by atoms with Crippen molar-refractivity contribution in [2.45, 2.75) is 13.3 Å². The number of pyridine rings is 2. The van der Waals surface area contributed by atoms with E-state index in [9.17, 15) is 0 Å². The van der Waals surface area contributed by atoms with E-state index in [0.29, 0.717) is 0 Å². The number of fused-ring (bicyclic) bond motifs is 1. The van der Waals surface area contributed by atoms with E-state index in [1.54, 1.807) is 6.20 Å². The molecule has 2 aromatic rings. The van der Waals surface area contributed by atoms with Gasteiger partial charge in [0.15, 0.2) is 5.65 Å². The molecule has 0 aromatic carbocycles. The van der Waals surface area contributed by atoms with E-state index in [1.165, 1.54) is 0 Å². The Hall–Kier alpha value is -0.960. The Bertz CT molecular complexity index is 440. The molecule has 0 N–H and O–H groups in total. The molecule has 3 heteroatoms. The SMILES string of the molecule is CCc1ccc2cc(Br)cnc2n1. The summed E-state index contributed by atoms with van der Waals surface area (Å²) in [5, 5.41) is 1.08. The molecule has 0 radical (unpaired) electrons. The van der Waals surface area contributed by atoms with Crippen molar-refractivity contribution >= 4 is 27.0 Å². The fourth-order valence-electron chi connectivity index (χ4n) is 1.22. The Morgan fingerprint density at radius 2 is 2.23 bits per heavy atom. The van der Waals surface area contributed by atoms with E-state index in [1.807, 2.05) is 12.1 Å². The van der Waals surface area contributed by atoms with Crippen LogP contribution in [0.1, 0.15) is 12.6 Å². The van der Waals surface area contributed by atoms with Gasteiger partial charge in [-0.3, -0.25) is 0 Å². The number of rotatable bonds is 1. The molecule has 0 spiro atoms. The summed E-state index contributed by atoms with van der Waals surface area (Å²) in [4.78, 5) is 8.63. The zero-order chi connectivity index (χ0) is 9.26. The van der Waals surface area contributed by atoms with Gasteiger partial charge in [0.1, 0.15) is 0 Å². The molecule has 66 valence electrons. The maximum Gasteiger partial charge on any atom is 0.159 e. The largest absolute Gasteiger partial charge is 0.235 e. The van der Waals surface area contributed by atoms with Crippen LogP contribution in [0.3, 0.4) is 0 Å². The summed E-state index contributed by atoms with van der Waals surface area (Å²) in [5.74, 6) is 0. The summed E-state index contributed by atoms with van der Waals surface area (Å²) in [7, 11) is 0. The predicted octanol–water partition coefficient (Wildman–Crippen LogP) is 2.95. The summed E-state index contributed by atoms with van der Waals surface area (Å²) < 4.78 is 0.992. The van der Waals surface area contributed by atoms with Gasteiger partial charge in [-0.15, -0.1) is 0 Å². The summed E-state index contributed by atoms with van der Waals surface area (Å²) in [6.07, 6.45) is 2.72. The third-order valence-corrected chi connectivity index (χ3v) is 2.36. The van der Waals surface area contributed by atoms with Gasteiger partial charge in [-0.2, -0.15) is 0 Å². The molecule has 0 saturated heterocycles. The molecule has 0 aliphatic carbocycles. The van der Waals surface area contributed by atoms with Gasteiger partial charge in [0, 0.05) is 21.7 Å². The normalized spacial score (nSPS) is 10.6.